The van der Waals surface area contributed by atoms with Crippen LogP contribution in [0.25, 0.3) is 0 Å². The van der Waals surface area contributed by atoms with Crippen molar-refractivity contribution in [3.8, 4) is 0 Å². The molecular formula is C22H40ClN. The number of rotatable bonds is 14. The van der Waals surface area contributed by atoms with E-state index in [1.165, 1.54) is 82.6 Å². The molecule has 1 aromatic rings. The highest BCUT2D eigenvalue weighted by molar-refractivity contribution is 5.85. The van der Waals surface area contributed by atoms with E-state index in [4.69, 9.17) is 0 Å². The summed E-state index contributed by atoms with van der Waals surface area (Å²) in [6.45, 7) is 2.29. The molecule has 1 nitrogen and oxygen atoms in total. The first-order valence-corrected chi connectivity index (χ1v) is 9.97. The SMILES string of the molecule is CCCCCCCCCCCCCC(c1ccccc1)N(C)C.Cl. The van der Waals surface area contributed by atoms with E-state index in [-0.39, 0.29) is 12.4 Å². The van der Waals surface area contributed by atoms with Gasteiger partial charge >= 0.3 is 0 Å². The van der Waals surface area contributed by atoms with Gasteiger partial charge in [-0.25, -0.2) is 0 Å². The van der Waals surface area contributed by atoms with Crippen molar-refractivity contribution in [3.05, 3.63) is 35.9 Å². The van der Waals surface area contributed by atoms with Crippen LogP contribution in [0.15, 0.2) is 30.3 Å². The standard InChI is InChI=1S/C22H39N.ClH/c1-4-5-6-7-8-9-10-11-12-13-17-20-22(23(2)3)21-18-15-14-16-19-21;/h14-16,18-19,22H,4-13,17,20H2,1-3H3;1H. The topological polar surface area (TPSA) is 3.24 Å². The van der Waals surface area contributed by atoms with E-state index in [1.54, 1.807) is 0 Å². The van der Waals surface area contributed by atoms with Crippen LogP contribution in [-0.4, -0.2) is 19.0 Å². The molecule has 0 amide bonds. The largest absolute Gasteiger partial charge is 0.302 e. The van der Waals surface area contributed by atoms with E-state index < -0.39 is 0 Å². The van der Waals surface area contributed by atoms with Gasteiger partial charge in [-0.15, -0.1) is 12.4 Å². The minimum Gasteiger partial charge on any atom is -0.302 e. The predicted octanol–water partition coefficient (Wildman–Crippen LogP) is 7.41. The lowest BCUT2D eigenvalue weighted by molar-refractivity contribution is 0.276. The molecule has 0 N–H and O–H groups in total. The molecule has 0 aliphatic carbocycles. The van der Waals surface area contributed by atoms with E-state index in [0.717, 1.165) is 0 Å². The minimum absolute atomic E-state index is 0. The zero-order valence-electron chi connectivity index (χ0n) is 16.3. The molecule has 24 heavy (non-hydrogen) atoms. The Morgan fingerprint density at radius 1 is 0.708 bits per heavy atom. The summed E-state index contributed by atoms with van der Waals surface area (Å²) in [6.07, 6.45) is 16.9. The van der Waals surface area contributed by atoms with E-state index in [1.807, 2.05) is 0 Å². The Morgan fingerprint density at radius 2 is 1.17 bits per heavy atom. The maximum Gasteiger partial charge on any atom is 0.0342 e. The molecule has 0 fully saturated rings. The Hall–Kier alpha value is -0.530. The van der Waals surface area contributed by atoms with Gasteiger partial charge in [0.2, 0.25) is 0 Å². The molecule has 0 saturated heterocycles. The van der Waals surface area contributed by atoms with Crippen LogP contribution in [0.4, 0.5) is 0 Å². The van der Waals surface area contributed by atoms with Gasteiger partial charge in [-0.2, -0.15) is 0 Å². The van der Waals surface area contributed by atoms with Crippen molar-refractivity contribution in [3.63, 3.8) is 0 Å². The predicted molar refractivity (Wildman–Crippen MR) is 111 cm³/mol. The number of unbranched alkanes of at least 4 members (excludes halogenated alkanes) is 10. The van der Waals surface area contributed by atoms with Crippen LogP contribution in [0.1, 0.15) is 95.6 Å². The molecule has 140 valence electrons. The van der Waals surface area contributed by atoms with Gasteiger partial charge in [0.15, 0.2) is 0 Å². The Labute approximate surface area is 157 Å². The smallest absolute Gasteiger partial charge is 0.0342 e. The third-order valence-electron chi connectivity index (χ3n) is 4.89. The van der Waals surface area contributed by atoms with Crippen molar-refractivity contribution < 1.29 is 0 Å². The van der Waals surface area contributed by atoms with E-state index in [9.17, 15) is 0 Å². The average molecular weight is 354 g/mol. The number of hydrogen-bond donors (Lipinski definition) is 0. The molecule has 0 aliphatic heterocycles. The Kier molecular flexibility index (Phi) is 15.6. The van der Waals surface area contributed by atoms with Gasteiger partial charge in [-0.05, 0) is 26.1 Å². The fourth-order valence-corrected chi connectivity index (χ4v) is 3.40. The molecule has 1 unspecified atom stereocenters. The Bertz CT molecular complexity index is 363. The summed E-state index contributed by atoms with van der Waals surface area (Å²) >= 11 is 0. The van der Waals surface area contributed by atoms with Crippen molar-refractivity contribution in [2.75, 3.05) is 14.1 Å². The first-order chi connectivity index (χ1) is 11.3. The van der Waals surface area contributed by atoms with Gasteiger partial charge in [0.05, 0.1) is 0 Å². The van der Waals surface area contributed by atoms with Gasteiger partial charge in [0.1, 0.15) is 0 Å². The fourth-order valence-electron chi connectivity index (χ4n) is 3.40. The average Bonchev–Trinajstić information content (AvgIpc) is 2.56. The number of halogens is 1. The first kappa shape index (κ1) is 23.5. The first-order valence-electron chi connectivity index (χ1n) is 9.97. The number of benzene rings is 1. The molecule has 1 rings (SSSR count). The summed E-state index contributed by atoms with van der Waals surface area (Å²) in [4.78, 5) is 2.37. The molecule has 0 aromatic heterocycles. The minimum atomic E-state index is 0. The van der Waals surface area contributed by atoms with Crippen LogP contribution in [0.3, 0.4) is 0 Å². The highest BCUT2D eigenvalue weighted by atomic mass is 35.5. The van der Waals surface area contributed by atoms with Crippen LogP contribution < -0.4 is 0 Å². The Morgan fingerprint density at radius 3 is 1.62 bits per heavy atom. The summed E-state index contributed by atoms with van der Waals surface area (Å²) in [5.41, 5.74) is 1.46. The fraction of sp³-hybridized carbons (Fsp3) is 0.727. The molecule has 0 aliphatic rings. The summed E-state index contributed by atoms with van der Waals surface area (Å²) < 4.78 is 0. The summed E-state index contributed by atoms with van der Waals surface area (Å²) in [7, 11) is 4.41. The molecule has 1 atom stereocenters. The number of nitrogens with zero attached hydrogens (tertiary/aromatic N) is 1. The van der Waals surface area contributed by atoms with Crippen LogP contribution in [0.2, 0.25) is 0 Å². The lowest BCUT2D eigenvalue weighted by Crippen LogP contribution is -2.19. The Balaban J connectivity index is 0.00000529. The lowest BCUT2D eigenvalue weighted by atomic mass is 9.98. The lowest BCUT2D eigenvalue weighted by Gasteiger charge is -2.24. The monoisotopic (exact) mass is 353 g/mol. The molecule has 1 aromatic carbocycles. The zero-order valence-corrected chi connectivity index (χ0v) is 17.1. The normalized spacial score (nSPS) is 12.2. The van der Waals surface area contributed by atoms with Crippen LogP contribution in [-0.2, 0) is 0 Å². The molecule has 0 saturated carbocycles. The van der Waals surface area contributed by atoms with Gasteiger partial charge in [-0.1, -0.05) is 108 Å². The van der Waals surface area contributed by atoms with Gasteiger partial charge in [0, 0.05) is 6.04 Å². The van der Waals surface area contributed by atoms with Crippen molar-refractivity contribution in [1.82, 2.24) is 4.90 Å². The molecule has 0 radical (unpaired) electrons. The second-order valence-corrected chi connectivity index (χ2v) is 7.21. The maximum absolute atomic E-state index is 2.37. The van der Waals surface area contributed by atoms with Crippen molar-refractivity contribution in [1.29, 1.82) is 0 Å². The highest BCUT2D eigenvalue weighted by Crippen LogP contribution is 2.24. The third-order valence-corrected chi connectivity index (χ3v) is 4.89. The van der Waals surface area contributed by atoms with E-state index in [0.29, 0.717) is 6.04 Å². The van der Waals surface area contributed by atoms with Gasteiger partial charge in [0.25, 0.3) is 0 Å². The summed E-state index contributed by atoms with van der Waals surface area (Å²) in [5.74, 6) is 0. The second-order valence-electron chi connectivity index (χ2n) is 7.21. The highest BCUT2D eigenvalue weighted by Gasteiger charge is 2.12. The quantitative estimate of drug-likeness (QED) is 0.314. The van der Waals surface area contributed by atoms with E-state index >= 15 is 0 Å². The maximum atomic E-state index is 2.37. The molecule has 0 heterocycles. The number of hydrogen-bond acceptors (Lipinski definition) is 1. The summed E-state index contributed by atoms with van der Waals surface area (Å²) in [6, 6.07) is 11.5. The van der Waals surface area contributed by atoms with Crippen LogP contribution >= 0.6 is 12.4 Å². The second kappa shape index (κ2) is 16.0. The van der Waals surface area contributed by atoms with Crippen LogP contribution in [0, 0.1) is 0 Å². The van der Waals surface area contributed by atoms with Gasteiger partial charge < -0.3 is 4.90 Å². The van der Waals surface area contributed by atoms with Gasteiger partial charge in [-0.3, -0.25) is 0 Å². The van der Waals surface area contributed by atoms with Crippen molar-refractivity contribution in [2.24, 2.45) is 0 Å². The molecule has 0 bridgehead atoms. The molecule has 0 spiro atoms. The van der Waals surface area contributed by atoms with Crippen molar-refractivity contribution in [2.45, 2.75) is 90.0 Å². The van der Waals surface area contributed by atoms with E-state index in [2.05, 4.69) is 56.3 Å². The van der Waals surface area contributed by atoms with Crippen LogP contribution in [0.5, 0.6) is 0 Å². The molecule has 2 heteroatoms. The third kappa shape index (κ3) is 11.1. The zero-order chi connectivity index (χ0) is 16.8. The summed E-state index contributed by atoms with van der Waals surface area (Å²) in [5, 5.41) is 0. The molecular weight excluding hydrogens is 314 g/mol. The van der Waals surface area contributed by atoms with Crippen molar-refractivity contribution >= 4 is 12.4 Å².